The smallest absolute Gasteiger partial charge is 0.252 e. The summed E-state index contributed by atoms with van der Waals surface area (Å²) in [6.07, 6.45) is 1.92. The van der Waals surface area contributed by atoms with Crippen LogP contribution in [0.25, 0.3) is 0 Å². The largest absolute Gasteiger partial charge is 0.391 e. The Morgan fingerprint density at radius 3 is 2.56 bits per heavy atom. The fraction of sp³-hybridized carbons (Fsp3) is 0.667. The zero-order valence-corrected chi connectivity index (χ0v) is 12.3. The van der Waals surface area contributed by atoms with Crippen LogP contribution in [0.5, 0.6) is 0 Å². The highest BCUT2D eigenvalue weighted by molar-refractivity contribution is 7.91. The van der Waals surface area contributed by atoms with Gasteiger partial charge in [-0.3, -0.25) is 0 Å². The average Bonchev–Trinajstić information content (AvgIpc) is 3.01. The lowest BCUT2D eigenvalue weighted by Crippen LogP contribution is -2.35. The summed E-state index contributed by atoms with van der Waals surface area (Å²) in [5.41, 5.74) is 0. The van der Waals surface area contributed by atoms with E-state index in [0.717, 1.165) is 24.2 Å². The Labute approximate surface area is 112 Å². The van der Waals surface area contributed by atoms with Crippen molar-refractivity contribution in [2.24, 2.45) is 5.92 Å². The fourth-order valence-electron chi connectivity index (χ4n) is 1.86. The minimum Gasteiger partial charge on any atom is -0.391 e. The van der Waals surface area contributed by atoms with Gasteiger partial charge in [0.15, 0.2) is 0 Å². The van der Waals surface area contributed by atoms with Crippen LogP contribution in [0.3, 0.4) is 0 Å². The summed E-state index contributed by atoms with van der Waals surface area (Å²) in [4.78, 5) is 0.689. The Balaban J connectivity index is 2.26. The zero-order chi connectivity index (χ0) is 13.3. The minimum absolute atomic E-state index is 0.103. The van der Waals surface area contributed by atoms with E-state index in [1.165, 1.54) is 0 Å². The van der Waals surface area contributed by atoms with Crippen LogP contribution in [0, 0.1) is 5.92 Å². The van der Waals surface area contributed by atoms with Crippen molar-refractivity contribution in [1.29, 1.82) is 0 Å². The molecule has 0 unspecified atom stereocenters. The molecule has 0 amide bonds. The summed E-state index contributed by atoms with van der Waals surface area (Å²) in [6, 6.07) is 3.45. The van der Waals surface area contributed by atoms with Crippen molar-refractivity contribution in [2.45, 2.75) is 43.5 Å². The molecular formula is C12H19NO3S2. The van der Waals surface area contributed by atoms with Crippen molar-refractivity contribution in [3.8, 4) is 0 Å². The second-order valence-corrected chi connectivity index (χ2v) is 8.36. The van der Waals surface area contributed by atoms with Crippen LogP contribution in [0.15, 0.2) is 16.3 Å². The Morgan fingerprint density at radius 1 is 1.44 bits per heavy atom. The Kier molecular flexibility index (Phi) is 4.11. The molecular weight excluding hydrogens is 270 g/mol. The fourth-order valence-corrected chi connectivity index (χ4v) is 5.06. The molecule has 0 saturated heterocycles. The molecule has 0 aromatic carbocycles. The van der Waals surface area contributed by atoms with Crippen LogP contribution in [0.1, 0.15) is 31.6 Å². The molecule has 102 valence electrons. The molecule has 1 aromatic rings. The van der Waals surface area contributed by atoms with Crippen molar-refractivity contribution < 1.29 is 13.5 Å². The second kappa shape index (κ2) is 5.28. The van der Waals surface area contributed by atoms with Gasteiger partial charge in [-0.15, -0.1) is 11.3 Å². The van der Waals surface area contributed by atoms with Crippen molar-refractivity contribution in [2.75, 3.05) is 6.54 Å². The van der Waals surface area contributed by atoms with Gasteiger partial charge < -0.3 is 5.11 Å². The molecule has 1 aliphatic carbocycles. The summed E-state index contributed by atoms with van der Waals surface area (Å²) in [5, 5.41) is 9.02. The van der Waals surface area contributed by atoms with E-state index in [-0.39, 0.29) is 12.6 Å². The molecule has 1 N–H and O–H groups in total. The van der Waals surface area contributed by atoms with Gasteiger partial charge >= 0.3 is 0 Å². The Morgan fingerprint density at radius 2 is 2.11 bits per heavy atom. The van der Waals surface area contributed by atoms with Gasteiger partial charge in [0.2, 0.25) is 0 Å². The summed E-state index contributed by atoms with van der Waals surface area (Å²) in [5.74, 6) is 0.317. The van der Waals surface area contributed by atoms with E-state index in [2.05, 4.69) is 0 Å². The molecule has 2 rings (SSSR count). The van der Waals surface area contributed by atoms with Gasteiger partial charge in [0.25, 0.3) is 10.0 Å². The molecule has 1 aliphatic rings. The van der Waals surface area contributed by atoms with E-state index < -0.39 is 10.0 Å². The minimum atomic E-state index is -3.38. The lowest BCUT2D eigenvalue weighted by atomic mass is 10.2. The van der Waals surface area contributed by atoms with Crippen molar-refractivity contribution in [3.63, 3.8) is 0 Å². The van der Waals surface area contributed by atoms with E-state index in [1.54, 1.807) is 16.4 Å². The average molecular weight is 289 g/mol. The van der Waals surface area contributed by atoms with E-state index in [4.69, 9.17) is 5.11 Å². The van der Waals surface area contributed by atoms with Gasteiger partial charge in [0.05, 0.1) is 6.61 Å². The number of nitrogens with zero attached hydrogens (tertiary/aromatic N) is 1. The van der Waals surface area contributed by atoms with E-state index >= 15 is 0 Å². The Hall–Kier alpha value is -0.430. The molecule has 1 aromatic heterocycles. The van der Waals surface area contributed by atoms with E-state index in [0.29, 0.717) is 21.5 Å². The van der Waals surface area contributed by atoms with Gasteiger partial charge in [-0.05, 0) is 30.9 Å². The highest BCUT2D eigenvalue weighted by Crippen LogP contribution is 2.34. The maximum Gasteiger partial charge on any atom is 0.252 e. The first-order chi connectivity index (χ1) is 8.45. The number of rotatable bonds is 6. The Bertz CT molecular complexity index is 503. The number of hydrogen-bond donors (Lipinski definition) is 1. The number of aliphatic hydroxyl groups is 1. The standard InChI is InChI=1S/C12H19NO3S2/c1-9(2)7-13(10-3-4-10)18(15,16)12-6-5-11(8-14)17-12/h5-6,9-10,14H,3-4,7-8H2,1-2H3. The van der Waals surface area contributed by atoms with Gasteiger partial charge in [0.1, 0.15) is 4.21 Å². The highest BCUT2D eigenvalue weighted by Gasteiger charge is 2.38. The number of sulfonamides is 1. The third kappa shape index (κ3) is 2.93. The predicted molar refractivity (Wildman–Crippen MR) is 72.0 cm³/mol. The van der Waals surface area contributed by atoms with Crippen LogP contribution in [-0.2, 0) is 16.6 Å². The predicted octanol–water partition coefficient (Wildman–Crippen LogP) is 2.05. The maximum absolute atomic E-state index is 12.5. The summed E-state index contributed by atoms with van der Waals surface area (Å²) in [6.45, 7) is 4.52. The van der Waals surface area contributed by atoms with Crippen molar-refractivity contribution in [3.05, 3.63) is 17.0 Å². The van der Waals surface area contributed by atoms with Gasteiger partial charge in [0, 0.05) is 17.5 Å². The molecule has 0 atom stereocenters. The quantitative estimate of drug-likeness (QED) is 0.872. The second-order valence-electron chi connectivity index (χ2n) is 5.08. The normalized spacial score (nSPS) is 16.7. The van der Waals surface area contributed by atoms with Crippen LogP contribution < -0.4 is 0 Å². The third-order valence-corrected chi connectivity index (χ3v) is 6.31. The first-order valence-electron chi connectivity index (χ1n) is 6.16. The molecule has 1 heterocycles. The van der Waals surface area contributed by atoms with Crippen molar-refractivity contribution >= 4 is 21.4 Å². The van der Waals surface area contributed by atoms with Crippen LogP contribution in [-0.4, -0.2) is 30.4 Å². The number of hydrogen-bond acceptors (Lipinski definition) is 4. The summed E-state index contributed by atoms with van der Waals surface area (Å²) >= 11 is 1.16. The summed E-state index contributed by atoms with van der Waals surface area (Å²) in [7, 11) is -3.38. The highest BCUT2D eigenvalue weighted by atomic mass is 32.2. The maximum atomic E-state index is 12.5. The first kappa shape index (κ1) is 14.0. The van der Waals surface area contributed by atoms with Crippen LogP contribution in [0.2, 0.25) is 0 Å². The number of aliphatic hydroxyl groups excluding tert-OH is 1. The van der Waals surface area contributed by atoms with Gasteiger partial charge in [-0.1, -0.05) is 13.8 Å². The van der Waals surface area contributed by atoms with E-state index in [1.807, 2.05) is 13.8 Å². The SMILES string of the molecule is CC(C)CN(C1CC1)S(=O)(=O)c1ccc(CO)s1. The molecule has 0 bridgehead atoms. The zero-order valence-electron chi connectivity index (χ0n) is 10.7. The van der Waals surface area contributed by atoms with Crippen molar-refractivity contribution in [1.82, 2.24) is 4.31 Å². The molecule has 18 heavy (non-hydrogen) atoms. The van der Waals surface area contributed by atoms with E-state index in [9.17, 15) is 8.42 Å². The lowest BCUT2D eigenvalue weighted by Gasteiger charge is -2.22. The molecule has 1 saturated carbocycles. The third-order valence-electron chi connectivity index (χ3n) is 2.86. The summed E-state index contributed by atoms with van der Waals surface area (Å²) < 4.78 is 27.0. The molecule has 0 aliphatic heterocycles. The molecule has 0 radical (unpaired) electrons. The van der Waals surface area contributed by atoms with Gasteiger partial charge in [-0.25, -0.2) is 8.42 Å². The lowest BCUT2D eigenvalue weighted by molar-refractivity contribution is 0.285. The van der Waals surface area contributed by atoms with Crippen LogP contribution in [0.4, 0.5) is 0 Å². The molecule has 4 nitrogen and oxygen atoms in total. The molecule has 0 spiro atoms. The monoisotopic (exact) mass is 289 g/mol. The topological polar surface area (TPSA) is 57.6 Å². The van der Waals surface area contributed by atoms with Crippen LogP contribution >= 0.6 is 11.3 Å². The number of thiophene rings is 1. The van der Waals surface area contributed by atoms with Gasteiger partial charge in [-0.2, -0.15) is 4.31 Å². The molecule has 6 heteroatoms. The first-order valence-corrected chi connectivity index (χ1v) is 8.42. The molecule has 1 fully saturated rings.